The van der Waals surface area contributed by atoms with Crippen LogP contribution in [0, 0.1) is 17.7 Å². The molecule has 10 heteroatoms. The van der Waals surface area contributed by atoms with Gasteiger partial charge in [0.1, 0.15) is 46.5 Å². The minimum absolute atomic E-state index is 0.0401. The molecule has 4 aromatic rings. The van der Waals surface area contributed by atoms with E-state index in [0.29, 0.717) is 27.4 Å². The first kappa shape index (κ1) is 24.5. The number of nitrogens with one attached hydrogen (secondary N) is 1. The molecule has 3 heterocycles. The molecular formula is C27H23FN4O4S. The van der Waals surface area contributed by atoms with Crippen LogP contribution in [-0.4, -0.2) is 51.8 Å². The van der Waals surface area contributed by atoms with Crippen molar-refractivity contribution in [2.75, 3.05) is 18.6 Å². The van der Waals surface area contributed by atoms with Crippen LogP contribution < -0.4 is 15.0 Å². The van der Waals surface area contributed by atoms with E-state index in [9.17, 15) is 19.1 Å². The summed E-state index contributed by atoms with van der Waals surface area (Å²) in [4.78, 5) is 33.2. The Labute approximate surface area is 216 Å². The van der Waals surface area contributed by atoms with Gasteiger partial charge in [-0.2, -0.15) is 0 Å². The van der Waals surface area contributed by atoms with Crippen LogP contribution in [-0.2, 0) is 4.79 Å². The highest BCUT2D eigenvalue weighted by atomic mass is 32.1. The van der Waals surface area contributed by atoms with Gasteiger partial charge in [0.15, 0.2) is 0 Å². The number of hydrogen-bond acceptors (Lipinski definition) is 6. The monoisotopic (exact) mass is 518 g/mol. The Balaban J connectivity index is 1.35. The summed E-state index contributed by atoms with van der Waals surface area (Å²) in [6.45, 7) is 3.14. The minimum atomic E-state index is -1.15. The third-order valence-corrected chi connectivity index (χ3v) is 6.85. The van der Waals surface area contributed by atoms with E-state index in [-0.39, 0.29) is 18.3 Å². The number of halogens is 1. The zero-order valence-electron chi connectivity index (χ0n) is 20.3. The number of nitrogens with zero attached hydrogens (tertiary/aromatic N) is 3. The number of likely N-dealkylation sites (N-methyl/N-ethyl adjacent to an activating group) is 1. The summed E-state index contributed by atoms with van der Waals surface area (Å²) in [6.07, 6.45) is 1.62. The SMILES string of the molecule is CN1C(=O)[C@@H](NC(=O)c2cc3ncn(-c4ccc(F)cc4)c3s2)COc2ccc(C#CC(C)(C)O)cc21. The van der Waals surface area contributed by atoms with E-state index in [0.717, 1.165) is 10.5 Å². The number of fused-ring (bicyclic) bond motifs is 2. The molecule has 37 heavy (non-hydrogen) atoms. The third-order valence-electron chi connectivity index (χ3n) is 5.73. The molecule has 2 amide bonds. The molecule has 188 valence electrons. The van der Waals surface area contributed by atoms with Crippen LogP contribution in [0.5, 0.6) is 5.75 Å². The number of thiophene rings is 1. The van der Waals surface area contributed by atoms with Gasteiger partial charge < -0.3 is 20.1 Å². The van der Waals surface area contributed by atoms with Gasteiger partial charge in [-0.1, -0.05) is 11.8 Å². The van der Waals surface area contributed by atoms with Gasteiger partial charge in [-0.15, -0.1) is 11.3 Å². The van der Waals surface area contributed by atoms with Crippen molar-refractivity contribution < 1.29 is 23.8 Å². The van der Waals surface area contributed by atoms with Crippen molar-refractivity contribution in [2.45, 2.75) is 25.5 Å². The Bertz CT molecular complexity index is 1570. The first-order valence-electron chi connectivity index (χ1n) is 11.4. The fourth-order valence-corrected chi connectivity index (χ4v) is 4.84. The first-order chi connectivity index (χ1) is 17.6. The second-order valence-corrected chi connectivity index (χ2v) is 10.1. The summed E-state index contributed by atoms with van der Waals surface area (Å²) in [5, 5.41) is 12.6. The Hall–Kier alpha value is -4.20. The molecular weight excluding hydrogens is 495 g/mol. The molecule has 0 saturated heterocycles. The van der Waals surface area contributed by atoms with Gasteiger partial charge in [0, 0.05) is 18.3 Å². The molecule has 0 radical (unpaired) electrons. The molecule has 2 aromatic heterocycles. The van der Waals surface area contributed by atoms with Crippen LogP contribution in [0.25, 0.3) is 16.0 Å². The maximum atomic E-state index is 13.3. The first-order valence-corrected chi connectivity index (χ1v) is 12.2. The van der Waals surface area contributed by atoms with Crippen LogP contribution >= 0.6 is 11.3 Å². The van der Waals surface area contributed by atoms with E-state index in [1.165, 1.54) is 28.4 Å². The van der Waals surface area contributed by atoms with E-state index in [1.807, 2.05) is 0 Å². The summed E-state index contributed by atoms with van der Waals surface area (Å²) in [5.41, 5.74) is 1.32. The lowest BCUT2D eigenvalue weighted by Gasteiger charge is -2.20. The lowest BCUT2D eigenvalue weighted by Crippen LogP contribution is -2.49. The molecule has 0 spiro atoms. The number of rotatable bonds is 3. The number of imidazole rings is 1. The molecule has 1 aliphatic heterocycles. The largest absolute Gasteiger partial charge is 0.489 e. The lowest BCUT2D eigenvalue weighted by atomic mass is 10.1. The molecule has 1 aliphatic rings. The van der Waals surface area contributed by atoms with E-state index in [2.05, 4.69) is 22.1 Å². The topological polar surface area (TPSA) is 96.7 Å². The quantitative estimate of drug-likeness (QED) is 0.405. The van der Waals surface area contributed by atoms with Gasteiger partial charge in [0.25, 0.3) is 11.8 Å². The van der Waals surface area contributed by atoms with Crippen molar-refractivity contribution in [3.05, 3.63) is 71.1 Å². The zero-order valence-corrected chi connectivity index (χ0v) is 21.1. The van der Waals surface area contributed by atoms with E-state index in [1.54, 1.807) is 68.2 Å². The summed E-state index contributed by atoms with van der Waals surface area (Å²) < 4.78 is 20.9. The average molecular weight is 519 g/mol. The van der Waals surface area contributed by atoms with Gasteiger partial charge in [-0.3, -0.25) is 14.2 Å². The number of benzene rings is 2. The van der Waals surface area contributed by atoms with Gasteiger partial charge in [0.2, 0.25) is 0 Å². The summed E-state index contributed by atoms with van der Waals surface area (Å²) >= 11 is 1.22. The molecule has 1 atom stereocenters. The summed E-state index contributed by atoms with van der Waals surface area (Å²) in [5.74, 6) is 5.03. The highest BCUT2D eigenvalue weighted by molar-refractivity contribution is 7.20. The van der Waals surface area contributed by atoms with Gasteiger partial charge in [0.05, 0.1) is 10.6 Å². The number of anilines is 1. The number of amides is 2. The second-order valence-electron chi connectivity index (χ2n) is 9.12. The fraction of sp³-hybridized carbons (Fsp3) is 0.222. The number of ether oxygens (including phenoxy) is 1. The molecule has 2 N–H and O–H groups in total. The maximum absolute atomic E-state index is 13.3. The predicted octanol–water partition coefficient (Wildman–Crippen LogP) is 3.50. The van der Waals surface area contributed by atoms with Crippen LogP contribution in [0.4, 0.5) is 10.1 Å². The van der Waals surface area contributed by atoms with Crippen LogP contribution in [0.1, 0.15) is 29.1 Å². The molecule has 2 aromatic carbocycles. The average Bonchev–Trinajstić information content (AvgIpc) is 3.43. The van der Waals surface area contributed by atoms with Crippen molar-refractivity contribution >= 4 is 39.2 Å². The molecule has 0 bridgehead atoms. The Kier molecular flexibility index (Phi) is 6.19. The van der Waals surface area contributed by atoms with Crippen LogP contribution in [0.15, 0.2) is 54.9 Å². The fourth-order valence-electron chi connectivity index (χ4n) is 3.84. The highest BCUT2D eigenvalue weighted by Gasteiger charge is 2.31. The number of hydrogen-bond donors (Lipinski definition) is 2. The van der Waals surface area contributed by atoms with Crippen molar-refractivity contribution in [3.63, 3.8) is 0 Å². The van der Waals surface area contributed by atoms with Gasteiger partial charge >= 0.3 is 0 Å². The molecule has 0 aliphatic carbocycles. The van der Waals surface area contributed by atoms with Crippen molar-refractivity contribution in [3.8, 4) is 23.3 Å². The smallest absolute Gasteiger partial charge is 0.262 e. The Morgan fingerprint density at radius 2 is 2.00 bits per heavy atom. The van der Waals surface area contributed by atoms with E-state index < -0.39 is 17.6 Å². The molecule has 8 nitrogen and oxygen atoms in total. The molecule has 0 fully saturated rings. The Morgan fingerprint density at radius 1 is 1.24 bits per heavy atom. The highest BCUT2D eigenvalue weighted by Crippen LogP contribution is 2.32. The molecule has 0 unspecified atom stereocenters. The number of aromatic nitrogens is 2. The number of carbonyl (C=O) groups excluding carboxylic acids is 2. The maximum Gasteiger partial charge on any atom is 0.262 e. The summed E-state index contributed by atoms with van der Waals surface area (Å²) in [7, 11) is 1.61. The van der Waals surface area contributed by atoms with Gasteiger partial charge in [-0.05, 0) is 62.4 Å². The van der Waals surface area contributed by atoms with E-state index in [4.69, 9.17) is 4.74 Å². The lowest BCUT2D eigenvalue weighted by molar-refractivity contribution is -0.120. The predicted molar refractivity (Wildman–Crippen MR) is 139 cm³/mol. The zero-order chi connectivity index (χ0) is 26.3. The van der Waals surface area contributed by atoms with Crippen molar-refractivity contribution in [1.82, 2.24) is 14.9 Å². The van der Waals surface area contributed by atoms with Crippen molar-refractivity contribution in [2.24, 2.45) is 0 Å². The normalized spacial score (nSPS) is 15.4. The molecule has 0 saturated carbocycles. The molecule has 5 rings (SSSR count). The minimum Gasteiger partial charge on any atom is -0.489 e. The van der Waals surface area contributed by atoms with E-state index >= 15 is 0 Å². The standard InChI is InChI=1S/C27H23FN4O4S/c1-27(2,35)11-10-16-4-9-22-21(12-16)31(3)25(34)20(14-36-22)30-24(33)23-13-19-26(37-23)32(15-29-19)18-7-5-17(28)6-8-18/h4-9,12-13,15,20,35H,14H2,1-3H3,(H,30,33)/t20-/m0/s1. The summed E-state index contributed by atoms with van der Waals surface area (Å²) in [6, 6.07) is 11.9. The van der Waals surface area contributed by atoms with Crippen LogP contribution in [0.2, 0.25) is 0 Å². The second kappa shape index (κ2) is 9.35. The van der Waals surface area contributed by atoms with Crippen LogP contribution in [0.3, 0.4) is 0 Å². The third kappa shape index (κ3) is 5.05. The number of aliphatic hydroxyl groups is 1. The van der Waals surface area contributed by atoms with Gasteiger partial charge in [-0.25, -0.2) is 9.37 Å². The number of carbonyl (C=O) groups is 2. The Morgan fingerprint density at radius 3 is 2.73 bits per heavy atom. The van der Waals surface area contributed by atoms with Crippen molar-refractivity contribution in [1.29, 1.82) is 0 Å².